The Morgan fingerprint density at radius 3 is 1.95 bits per heavy atom. The van der Waals surface area contributed by atoms with Gasteiger partial charge in [-0.05, 0) is 35.9 Å². The number of halogens is 6. The third-order valence-electron chi connectivity index (χ3n) is 2.15. The van der Waals surface area contributed by atoms with Crippen LogP contribution in [0.25, 0.3) is 11.3 Å². The van der Waals surface area contributed by atoms with Crippen molar-refractivity contribution in [3.05, 3.63) is 45.3 Å². The lowest BCUT2D eigenvalue weighted by atomic mass is 10.1. The van der Waals surface area contributed by atoms with E-state index >= 15 is 0 Å². The van der Waals surface area contributed by atoms with Crippen molar-refractivity contribution >= 4 is 34.8 Å². The van der Waals surface area contributed by atoms with Gasteiger partial charge in [0.2, 0.25) is 5.28 Å². The van der Waals surface area contributed by atoms with Crippen LogP contribution in [0.5, 0.6) is 0 Å². The summed E-state index contributed by atoms with van der Waals surface area (Å²) in [7, 11) is 0. The van der Waals surface area contributed by atoms with Gasteiger partial charge in [-0.3, -0.25) is 0 Å². The van der Waals surface area contributed by atoms with Gasteiger partial charge in [-0.25, -0.2) is 9.97 Å². The number of hydrogen-bond donors (Lipinski definition) is 0. The Balaban J connectivity index is 2.59. The van der Waals surface area contributed by atoms with Crippen molar-refractivity contribution in [3.63, 3.8) is 0 Å². The van der Waals surface area contributed by atoms with Crippen molar-refractivity contribution in [1.29, 1.82) is 0 Å². The standard InChI is InChI=1S/C11H4Cl3F3N2/c12-6-1-5(2-7(13)3-6)8-4-9(11(15,16)17)19-10(14)18-8/h1-4H. The first-order chi connectivity index (χ1) is 8.75. The first-order valence-corrected chi connectivity index (χ1v) is 5.97. The predicted molar refractivity (Wildman–Crippen MR) is 67.5 cm³/mol. The molecule has 2 rings (SSSR count). The molecule has 0 aliphatic carbocycles. The highest BCUT2D eigenvalue weighted by Gasteiger charge is 2.33. The van der Waals surface area contributed by atoms with Gasteiger partial charge in [-0.15, -0.1) is 0 Å². The number of hydrogen-bond acceptors (Lipinski definition) is 2. The van der Waals surface area contributed by atoms with Gasteiger partial charge < -0.3 is 0 Å². The lowest BCUT2D eigenvalue weighted by Gasteiger charge is -2.08. The van der Waals surface area contributed by atoms with Crippen LogP contribution in [0.15, 0.2) is 24.3 Å². The molecule has 0 fully saturated rings. The second kappa shape index (κ2) is 5.15. The molecule has 0 radical (unpaired) electrons. The average Bonchev–Trinajstić information content (AvgIpc) is 2.25. The summed E-state index contributed by atoms with van der Waals surface area (Å²) in [6.45, 7) is 0. The molecule has 19 heavy (non-hydrogen) atoms. The largest absolute Gasteiger partial charge is 0.433 e. The maximum absolute atomic E-state index is 12.6. The number of alkyl halides is 3. The van der Waals surface area contributed by atoms with E-state index in [0.717, 1.165) is 6.07 Å². The normalized spacial score (nSPS) is 11.7. The molecule has 0 atom stereocenters. The number of benzene rings is 1. The molecule has 0 saturated carbocycles. The van der Waals surface area contributed by atoms with Gasteiger partial charge in [0, 0.05) is 15.6 Å². The summed E-state index contributed by atoms with van der Waals surface area (Å²) >= 11 is 17.1. The van der Waals surface area contributed by atoms with E-state index in [1.165, 1.54) is 18.2 Å². The molecule has 0 spiro atoms. The van der Waals surface area contributed by atoms with E-state index in [4.69, 9.17) is 34.8 Å². The predicted octanol–water partition coefficient (Wildman–Crippen LogP) is 5.12. The van der Waals surface area contributed by atoms with Crippen molar-refractivity contribution in [2.75, 3.05) is 0 Å². The van der Waals surface area contributed by atoms with Crippen molar-refractivity contribution in [3.8, 4) is 11.3 Å². The van der Waals surface area contributed by atoms with Crippen LogP contribution in [-0.4, -0.2) is 9.97 Å². The van der Waals surface area contributed by atoms with Crippen molar-refractivity contribution in [2.45, 2.75) is 6.18 Å². The van der Waals surface area contributed by atoms with Gasteiger partial charge in [0.15, 0.2) is 0 Å². The van der Waals surface area contributed by atoms with Gasteiger partial charge in [0.1, 0.15) is 5.69 Å². The smallest absolute Gasteiger partial charge is 0.218 e. The molecule has 1 heterocycles. The third kappa shape index (κ3) is 3.49. The van der Waals surface area contributed by atoms with Crippen LogP contribution in [0.2, 0.25) is 15.3 Å². The second-order valence-corrected chi connectivity index (χ2v) is 4.77. The fourth-order valence-electron chi connectivity index (χ4n) is 1.41. The highest BCUT2D eigenvalue weighted by molar-refractivity contribution is 6.35. The molecule has 2 aromatic rings. The summed E-state index contributed by atoms with van der Waals surface area (Å²) in [6.07, 6.45) is -4.61. The van der Waals surface area contributed by atoms with Gasteiger partial charge in [0.05, 0.1) is 5.69 Å². The van der Waals surface area contributed by atoms with Crippen molar-refractivity contribution in [1.82, 2.24) is 9.97 Å². The average molecular weight is 328 g/mol. The maximum atomic E-state index is 12.6. The van der Waals surface area contributed by atoms with Crippen LogP contribution in [0, 0.1) is 0 Å². The van der Waals surface area contributed by atoms with Crippen molar-refractivity contribution < 1.29 is 13.2 Å². The molecule has 0 aliphatic rings. The topological polar surface area (TPSA) is 25.8 Å². The minimum Gasteiger partial charge on any atom is -0.218 e. The molecule has 1 aromatic carbocycles. The van der Waals surface area contributed by atoms with Crippen LogP contribution < -0.4 is 0 Å². The Morgan fingerprint density at radius 1 is 0.842 bits per heavy atom. The van der Waals surface area contributed by atoms with E-state index in [9.17, 15) is 13.2 Å². The Morgan fingerprint density at radius 2 is 1.42 bits per heavy atom. The zero-order valence-corrected chi connectivity index (χ0v) is 11.2. The summed E-state index contributed by atoms with van der Waals surface area (Å²) in [6, 6.07) is 5.12. The van der Waals surface area contributed by atoms with E-state index in [1.54, 1.807) is 0 Å². The van der Waals surface area contributed by atoms with Crippen LogP contribution in [-0.2, 0) is 6.18 Å². The quantitative estimate of drug-likeness (QED) is 0.679. The first-order valence-electron chi connectivity index (χ1n) is 4.84. The van der Waals surface area contributed by atoms with Gasteiger partial charge in [-0.2, -0.15) is 13.2 Å². The summed E-state index contributed by atoms with van der Waals surface area (Å²) in [4.78, 5) is 6.88. The van der Waals surface area contributed by atoms with E-state index in [-0.39, 0.29) is 15.7 Å². The fourth-order valence-corrected chi connectivity index (χ4v) is 2.12. The Labute approximate surface area is 121 Å². The zero-order valence-electron chi connectivity index (χ0n) is 8.97. The van der Waals surface area contributed by atoms with Crippen LogP contribution in [0.1, 0.15) is 5.69 Å². The summed E-state index contributed by atoms with van der Waals surface area (Å²) < 4.78 is 37.9. The molecule has 0 aliphatic heterocycles. The highest BCUT2D eigenvalue weighted by atomic mass is 35.5. The molecule has 0 saturated heterocycles. The fraction of sp³-hybridized carbons (Fsp3) is 0.0909. The van der Waals surface area contributed by atoms with Gasteiger partial charge in [-0.1, -0.05) is 23.2 Å². The minimum absolute atomic E-state index is 0.00303. The summed E-state index contributed by atoms with van der Waals surface area (Å²) in [5, 5.41) is 0.0671. The molecule has 0 amide bonds. The van der Waals surface area contributed by atoms with E-state index in [1.807, 2.05) is 0 Å². The summed E-state index contributed by atoms with van der Waals surface area (Å²) in [5.74, 6) is 0. The lowest BCUT2D eigenvalue weighted by Crippen LogP contribution is -2.09. The number of nitrogens with zero attached hydrogens (tertiary/aromatic N) is 2. The molecular formula is C11H4Cl3F3N2. The Hall–Kier alpha value is -1.04. The zero-order chi connectivity index (χ0) is 14.2. The minimum atomic E-state index is -4.61. The maximum Gasteiger partial charge on any atom is 0.433 e. The van der Waals surface area contributed by atoms with Crippen molar-refractivity contribution in [2.24, 2.45) is 0 Å². The SMILES string of the molecule is FC(F)(F)c1cc(-c2cc(Cl)cc(Cl)c2)nc(Cl)n1. The lowest BCUT2D eigenvalue weighted by molar-refractivity contribution is -0.141. The highest BCUT2D eigenvalue weighted by Crippen LogP contribution is 2.32. The number of rotatable bonds is 1. The van der Waals surface area contributed by atoms with E-state index in [0.29, 0.717) is 5.56 Å². The van der Waals surface area contributed by atoms with Crippen LogP contribution >= 0.6 is 34.8 Å². The monoisotopic (exact) mass is 326 g/mol. The molecule has 8 heteroatoms. The summed E-state index contributed by atoms with van der Waals surface area (Å²) in [5.41, 5.74) is -0.803. The Bertz CT molecular complexity index is 609. The Kier molecular flexibility index (Phi) is 3.90. The molecular weight excluding hydrogens is 323 g/mol. The molecule has 1 aromatic heterocycles. The molecule has 0 bridgehead atoms. The van der Waals surface area contributed by atoms with Gasteiger partial charge >= 0.3 is 6.18 Å². The second-order valence-electron chi connectivity index (χ2n) is 3.56. The van der Waals surface area contributed by atoms with E-state index < -0.39 is 17.2 Å². The first kappa shape index (κ1) is 14.4. The third-order valence-corrected chi connectivity index (χ3v) is 2.75. The molecule has 2 nitrogen and oxygen atoms in total. The van der Waals surface area contributed by atoms with Crippen LogP contribution in [0.4, 0.5) is 13.2 Å². The van der Waals surface area contributed by atoms with Gasteiger partial charge in [0.25, 0.3) is 0 Å². The molecule has 100 valence electrons. The van der Waals surface area contributed by atoms with E-state index in [2.05, 4.69) is 9.97 Å². The number of aromatic nitrogens is 2. The molecule has 0 unspecified atom stereocenters. The molecule has 0 N–H and O–H groups in total. The van der Waals surface area contributed by atoms with Crippen LogP contribution in [0.3, 0.4) is 0 Å².